The van der Waals surface area contributed by atoms with Gasteiger partial charge in [0.25, 0.3) is 11.8 Å². The Labute approximate surface area is 143 Å². The maximum absolute atomic E-state index is 12.3. The lowest BCUT2D eigenvalue weighted by molar-refractivity contribution is 0.0941. The van der Waals surface area contributed by atoms with E-state index in [0.717, 1.165) is 5.69 Å². The molecule has 0 aliphatic carbocycles. The molecule has 0 aromatic heterocycles. The van der Waals surface area contributed by atoms with Gasteiger partial charge in [-0.2, -0.15) is 0 Å². The summed E-state index contributed by atoms with van der Waals surface area (Å²) >= 11 is 0. The fourth-order valence-corrected chi connectivity index (χ4v) is 2.27. The van der Waals surface area contributed by atoms with Crippen molar-refractivity contribution >= 4 is 17.5 Å². The average Bonchev–Trinajstić information content (AvgIpc) is 2.54. The van der Waals surface area contributed by atoms with Gasteiger partial charge in [-0.05, 0) is 61.7 Å². The van der Waals surface area contributed by atoms with Gasteiger partial charge in [0.15, 0.2) is 0 Å². The van der Waals surface area contributed by atoms with Crippen LogP contribution in [-0.2, 0) is 0 Å². The first-order valence-corrected chi connectivity index (χ1v) is 8.19. The first-order chi connectivity index (χ1) is 11.4. The van der Waals surface area contributed by atoms with Crippen molar-refractivity contribution in [3.05, 3.63) is 65.2 Å². The number of amides is 2. The van der Waals surface area contributed by atoms with Crippen LogP contribution in [0.5, 0.6) is 0 Å². The lowest BCUT2D eigenvalue weighted by Gasteiger charge is -2.10. The Balaban J connectivity index is 2.03. The number of anilines is 1. The van der Waals surface area contributed by atoms with Crippen molar-refractivity contribution in [1.82, 2.24) is 5.32 Å². The zero-order valence-corrected chi connectivity index (χ0v) is 14.6. The normalized spacial score (nSPS) is 10.8. The third kappa shape index (κ3) is 4.69. The van der Waals surface area contributed by atoms with Gasteiger partial charge in [0, 0.05) is 22.9 Å². The van der Waals surface area contributed by atoms with Crippen LogP contribution in [0.3, 0.4) is 0 Å². The van der Waals surface area contributed by atoms with Crippen LogP contribution in [0, 0.1) is 0 Å². The quantitative estimate of drug-likeness (QED) is 0.866. The van der Waals surface area contributed by atoms with Gasteiger partial charge < -0.3 is 10.6 Å². The summed E-state index contributed by atoms with van der Waals surface area (Å²) in [4.78, 5) is 24.2. The van der Waals surface area contributed by atoms with Crippen molar-refractivity contribution in [3.8, 4) is 0 Å². The van der Waals surface area contributed by atoms with Gasteiger partial charge in [-0.15, -0.1) is 0 Å². The average molecular weight is 324 g/mol. The molecule has 126 valence electrons. The summed E-state index contributed by atoms with van der Waals surface area (Å²) in [5.74, 6) is 0.128. The molecule has 0 bridgehead atoms. The Kier molecular flexibility index (Phi) is 5.74. The topological polar surface area (TPSA) is 58.2 Å². The van der Waals surface area contributed by atoms with Crippen LogP contribution in [0.25, 0.3) is 0 Å². The molecule has 0 unspecified atom stereocenters. The fraction of sp³-hybridized carbons (Fsp3) is 0.300. The second-order valence-corrected chi connectivity index (χ2v) is 6.44. The highest BCUT2D eigenvalue weighted by Crippen LogP contribution is 2.17. The second kappa shape index (κ2) is 7.77. The van der Waals surface area contributed by atoms with Crippen LogP contribution in [0.2, 0.25) is 0 Å². The molecule has 0 radical (unpaired) electrons. The Bertz CT molecular complexity index is 701. The first kappa shape index (κ1) is 17.7. The Morgan fingerprint density at radius 1 is 0.750 bits per heavy atom. The summed E-state index contributed by atoms with van der Waals surface area (Å²) in [6.07, 6.45) is 0. The minimum atomic E-state index is -0.192. The molecule has 0 spiro atoms. The van der Waals surface area contributed by atoms with Crippen LogP contribution < -0.4 is 10.6 Å². The molecule has 0 heterocycles. The Hall–Kier alpha value is -2.62. The van der Waals surface area contributed by atoms with Crippen LogP contribution in [0.15, 0.2) is 48.5 Å². The highest BCUT2D eigenvalue weighted by atomic mass is 16.2. The summed E-state index contributed by atoms with van der Waals surface area (Å²) in [5, 5.41) is 5.69. The maximum Gasteiger partial charge on any atom is 0.255 e. The maximum atomic E-state index is 12.3. The number of hydrogen-bond acceptors (Lipinski definition) is 2. The van der Waals surface area contributed by atoms with Gasteiger partial charge in [-0.25, -0.2) is 0 Å². The Morgan fingerprint density at radius 2 is 1.25 bits per heavy atom. The van der Waals surface area contributed by atoms with Crippen molar-refractivity contribution in [3.63, 3.8) is 0 Å². The zero-order chi connectivity index (χ0) is 17.7. The molecule has 0 aliphatic rings. The van der Waals surface area contributed by atoms with Crippen molar-refractivity contribution in [2.45, 2.75) is 39.7 Å². The summed E-state index contributed by atoms with van der Waals surface area (Å²) in [7, 11) is 0. The molecule has 2 rings (SSSR count). The van der Waals surface area contributed by atoms with Crippen molar-refractivity contribution in [2.75, 3.05) is 5.32 Å². The molecule has 2 amide bonds. The summed E-state index contributed by atoms with van der Waals surface area (Å²) in [6.45, 7) is 8.07. The van der Waals surface area contributed by atoms with E-state index >= 15 is 0 Å². The Morgan fingerprint density at radius 3 is 1.71 bits per heavy atom. The van der Waals surface area contributed by atoms with Crippen LogP contribution in [-0.4, -0.2) is 17.9 Å². The summed E-state index contributed by atoms with van der Waals surface area (Å²) in [5.41, 5.74) is 3.05. The van der Waals surface area contributed by atoms with Gasteiger partial charge in [0.1, 0.15) is 0 Å². The lowest BCUT2D eigenvalue weighted by atomic mass is 10.0. The van der Waals surface area contributed by atoms with Crippen LogP contribution >= 0.6 is 0 Å². The highest BCUT2D eigenvalue weighted by molar-refractivity contribution is 6.05. The van der Waals surface area contributed by atoms with E-state index < -0.39 is 0 Å². The van der Waals surface area contributed by atoms with Crippen molar-refractivity contribution in [1.29, 1.82) is 0 Å². The first-order valence-electron chi connectivity index (χ1n) is 8.19. The molecule has 0 fully saturated rings. The van der Waals surface area contributed by atoms with E-state index in [-0.39, 0.29) is 17.9 Å². The zero-order valence-electron chi connectivity index (χ0n) is 14.6. The van der Waals surface area contributed by atoms with Gasteiger partial charge in [-0.1, -0.05) is 26.0 Å². The van der Waals surface area contributed by atoms with Gasteiger partial charge in [0.05, 0.1) is 0 Å². The molecule has 4 heteroatoms. The molecule has 0 saturated heterocycles. The minimum Gasteiger partial charge on any atom is -0.350 e. The van der Waals surface area contributed by atoms with E-state index in [1.807, 2.05) is 38.1 Å². The monoisotopic (exact) mass is 324 g/mol. The van der Waals surface area contributed by atoms with Gasteiger partial charge in [0.2, 0.25) is 0 Å². The molecule has 2 N–H and O–H groups in total. The van der Waals surface area contributed by atoms with E-state index in [9.17, 15) is 9.59 Å². The number of rotatable bonds is 5. The second-order valence-electron chi connectivity index (χ2n) is 6.44. The predicted octanol–water partition coefficient (Wildman–Crippen LogP) is 4.20. The van der Waals surface area contributed by atoms with E-state index in [1.165, 1.54) is 5.56 Å². The van der Waals surface area contributed by atoms with Crippen LogP contribution in [0.4, 0.5) is 5.69 Å². The summed E-state index contributed by atoms with van der Waals surface area (Å²) in [6, 6.07) is 14.5. The van der Waals surface area contributed by atoms with Crippen molar-refractivity contribution in [2.24, 2.45) is 0 Å². The molecule has 4 nitrogen and oxygen atoms in total. The minimum absolute atomic E-state index is 0.0780. The number of carbonyl (C=O) groups excluding carboxylic acids is 2. The molecule has 24 heavy (non-hydrogen) atoms. The molecule has 0 aliphatic heterocycles. The lowest BCUT2D eigenvalue weighted by Crippen LogP contribution is -2.30. The number of benzene rings is 2. The smallest absolute Gasteiger partial charge is 0.255 e. The number of carbonyl (C=O) groups is 2. The molecule has 0 saturated carbocycles. The largest absolute Gasteiger partial charge is 0.350 e. The summed E-state index contributed by atoms with van der Waals surface area (Å²) < 4.78 is 0. The molecular weight excluding hydrogens is 300 g/mol. The van der Waals surface area contributed by atoms with E-state index in [4.69, 9.17) is 0 Å². The van der Waals surface area contributed by atoms with Gasteiger partial charge in [-0.3, -0.25) is 9.59 Å². The van der Waals surface area contributed by atoms with E-state index in [2.05, 4.69) is 24.5 Å². The molecule has 0 atom stereocenters. The SMILES string of the molecule is CC(C)NC(=O)c1ccc(C(=O)Nc2ccc(C(C)C)cc2)cc1. The molecule has 2 aromatic rings. The third-order valence-corrected chi connectivity index (χ3v) is 3.66. The molecule has 2 aromatic carbocycles. The standard InChI is InChI=1S/C20H24N2O2/c1-13(2)15-9-11-18(12-10-15)22-20(24)17-7-5-16(6-8-17)19(23)21-14(3)4/h5-14H,1-4H3,(H,21,23)(H,22,24). The highest BCUT2D eigenvalue weighted by Gasteiger charge is 2.10. The van der Waals surface area contributed by atoms with Gasteiger partial charge >= 0.3 is 0 Å². The predicted molar refractivity (Wildman–Crippen MR) is 97.5 cm³/mol. The third-order valence-electron chi connectivity index (χ3n) is 3.66. The molecular formula is C20H24N2O2. The van der Waals surface area contributed by atoms with E-state index in [0.29, 0.717) is 17.0 Å². The number of nitrogens with one attached hydrogen (secondary N) is 2. The van der Waals surface area contributed by atoms with Crippen molar-refractivity contribution < 1.29 is 9.59 Å². The number of hydrogen-bond donors (Lipinski definition) is 2. The van der Waals surface area contributed by atoms with Crippen LogP contribution in [0.1, 0.15) is 59.9 Å². The van der Waals surface area contributed by atoms with E-state index in [1.54, 1.807) is 24.3 Å². The fourth-order valence-electron chi connectivity index (χ4n) is 2.27.